The molecule has 1 aromatic carbocycles. The molecule has 1 aliphatic heterocycles. The molecule has 1 nitrogen and oxygen atoms in total. The predicted octanol–water partition coefficient (Wildman–Crippen LogP) is 2.17. The molecule has 1 heterocycles. The monoisotopic (exact) mass is 225 g/mol. The molecule has 82 valence electrons. The van der Waals surface area contributed by atoms with Crippen molar-refractivity contribution in [3.05, 3.63) is 29.6 Å². The molecule has 15 heavy (non-hydrogen) atoms. The van der Waals surface area contributed by atoms with Crippen molar-refractivity contribution in [2.24, 2.45) is 5.92 Å². The van der Waals surface area contributed by atoms with Gasteiger partial charge in [0.1, 0.15) is 5.82 Å². The summed E-state index contributed by atoms with van der Waals surface area (Å²) in [7, 11) is 2.61. The highest BCUT2D eigenvalue weighted by molar-refractivity contribution is 7.27. The lowest BCUT2D eigenvalue weighted by Gasteiger charge is -2.17. The lowest BCUT2D eigenvalue weighted by molar-refractivity contribution is 0.316. The van der Waals surface area contributed by atoms with Crippen molar-refractivity contribution in [3.63, 3.8) is 0 Å². The number of benzene rings is 1. The normalized spacial score (nSPS) is 22.2. The molecule has 0 radical (unpaired) electrons. The summed E-state index contributed by atoms with van der Waals surface area (Å²) in [5, 5.41) is 0.981. The Kier molecular flexibility index (Phi) is 3.38. The summed E-state index contributed by atoms with van der Waals surface area (Å²) in [5.41, 5.74) is 0.830. The Morgan fingerprint density at radius 1 is 1.53 bits per heavy atom. The fourth-order valence-electron chi connectivity index (χ4n) is 2.14. The number of nitrogens with zero attached hydrogens (tertiary/aromatic N) is 1. The summed E-state index contributed by atoms with van der Waals surface area (Å²) in [5.74, 6) is 0.673. The van der Waals surface area contributed by atoms with Gasteiger partial charge < -0.3 is 0 Å². The van der Waals surface area contributed by atoms with E-state index in [0.717, 1.165) is 36.4 Å². The smallest absolute Gasteiger partial charge is 0.128 e. The van der Waals surface area contributed by atoms with Crippen molar-refractivity contribution < 1.29 is 4.39 Å². The van der Waals surface area contributed by atoms with Crippen LogP contribution in [0.5, 0.6) is 0 Å². The zero-order valence-corrected chi connectivity index (χ0v) is 10.2. The number of rotatable bonds is 2. The van der Waals surface area contributed by atoms with Crippen molar-refractivity contribution in [1.29, 1.82) is 0 Å². The van der Waals surface area contributed by atoms with Gasteiger partial charge in [-0.1, -0.05) is 19.1 Å². The van der Waals surface area contributed by atoms with Crippen molar-refractivity contribution in [2.75, 3.05) is 13.1 Å². The van der Waals surface area contributed by atoms with E-state index in [-0.39, 0.29) is 5.82 Å². The second-order valence-corrected chi connectivity index (χ2v) is 5.06. The number of halogens is 1. The van der Waals surface area contributed by atoms with Crippen LogP contribution in [0.3, 0.4) is 0 Å². The number of likely N-dealkylation sites (tertiary alicyclic amines) is 1. The minimum absolute atomic E-state index is 0.0814. The topological polar surface area (TPSA) is 3.24 Å². The van der Waals surface area contributed by atoms with Gasteiger partial charge in [-0.05, 0) is 30.3 Å². The molecular formula is C12H17FNP. The Bertz CT molecular complexity index is 333. The Morgan fingerprint density at radius 2 is 2.33 bits per heavy atom. The average Bonchev–Trinajstić information content (AvgIpc) is 2.58. The largest absolute Gasteiger partial charge is 0.299 e. The van der Waals surface area contributed by atoms with Gasteiger partial charge in [0.2, 0.25) is 0 Å². The van der Waals surface area contributed by atoms with E-state index >= 15 is 0 Å². The Balaban J connectivity index is 2.10. The molecule has 2 unspecified atom stereocenters. The molecule has 0 spiro atoms. The highest BCUT2D eigenvalue weighted by Crippen LogP contribution is 2.19. The first-order valence-corrected chi connectivity index (χ1v) is 6.00. The van der Waals surface area contributed by atoms with Crippen LogP contribution in [0.4, 0.5) is 4.39 Å². The summed E-state index contributed by atoms with van der Waals surface area (Å²) in [6.07, 6.45) is 1.24. The maximum absolute atomic E-state index is 13.6. The van der Waals surface area contributed by atoms with E-state index in [2.05, 4.69) is 21.1 Å². The number of hydrogen-bond acceptors (Lipinski definition) is 1. The Hall–Kier alpha value is -0.460. The summed E-state index contributed by atoms with van der Waals surface area (Å²) >= 11 is 0. The van der Waals surface area contributed by atoms with Gasteiger partial charge in [-0.3, -0.25) is 4.90 Å². The summed E-state index contributed by atoms with van der Waals surface area (Å²) in [6, 6.07) is 5.25. The van der Waals surface area contributed by atoms with Crippen molar-refractivity contribution in [2.45, 2.75) is 19.9 Å². The quantitative estimate of drug-likeness (QED) is 0.697. The van der Waals surface area contributed by atoms with E-state index < -0.39 is 0 Å². The fraction of sp³-hybridized carbons (Fsp3) is 0.500. The Labute approximate surface area is 92.9 Å². The third-order valence-electron chi connectivity index (χ3n) is 3.04. The van der Waals surface area contributed by atoms with Crippen LogP contribution in [0.15, 0.2) is 18.2 Å². The maximum Gasteiger partial charge on any atom is 0.128 e. The molecule has 1 saturated heterocycles. The minimum Gasteiger partial charge on any atom is -0.299 e. The summed E-state index contributed by atoms with van der Waals surface area (Å²) in [4.78, 5) is 2.33. The van der Waals surface area contributed by atoms with Gasteiger partial charge >= 0.3 is 0 Å². The highest BCUT2D eigenvalue weighted by atomic mass is 31.0. The molecule has 2 rings (SSSR count). The van der Waals surface area contributed by atoms with Crippen LogP contribution in [-0.4, -0.2) is 18.0 Å². The fourth-order valence-corrected chi connectivity index (χ4v) is 2.48. The van der Waals surface area contributed by atoms with E-state index in [4.69, 9.17) is 0 Å². The lowest BCUT2D eigenvalue weighted by Crippen LogP contribution is -2.23. The van der Waals surface area contributed by atoms with Crippen LogP contribution in [0.1, 0.15) is 18.9 Å². The molecule has 1 fully saturated rings. The molecule has 2 atom stereocenters. The number of hydrogen-bond donors (Lipinski definition) is 0. The minimum atomic E-state index is -0.0814. The lowest BCUT2D eigenvalue weighted by atomic mass is 10.2. The molecule has 0 bridgehead atoms. The molecule has 0 aliphatic carbocycles. The van der Waals surface area contributed by atoms with E-state index in [1.54, 1.807) is 12.1 Å². The van der Waals surface area contributed by atoms with Crippen molar-refractivity contribution >= 4 is 14.5 Å². The summed E-state index contributed by atoms with van der Waals surface area (Å²) in [6.45, 7) is 5.19. The highest BCUT2D eigenvalue weighted by Gasteiger charge is 2.20. The third kappa shape index (κ3) is 2.56. The van der Waals surface area contributed by atoms with Gasteiger partial charge in [-0.15, -0.1) is 9.24 Å². The zero-order chi connectivity index (χ0) is 10.8. The van der Waals surface area contributed by atoms with E-state index in [1.165, 1.54) is 6.42 Å². The zero-order valence-electron chi connectivity index (χ0n) is 9.04. The molecule has 0 aromatic heterocycles. The average molecular weight is 225 g/mol. The second-order valence-electron chi connectivity index (χ2n) is 4.44. The molecular weight excluding hydrogens is 208 g/mol. The molecule has 3 heteroatoms. The van der Waals surface area contributed by atoms with Gasteiger partial charge in [-0.2, -0.15) is 0 Å². The van der Waals surface area contributed by atoms with Crippen molar-refractivity contribution in [1.82, 2.24) is 4.90 Å². The third-order valence-corrected chi connectivity index (χ3v) is 3.59. The molecule has 0 saturated carbocycles. The van der Waals surface area contributed by atoms with Gasteiger partial charge in [0.25, 0.3) is 0 Å². The van der Waals surface area contributed by atoms with Gasteiger partial charge in [0, 0.05) is 18.7 Å². The SMILES string of the molecule is CC1CCN(Cc2c(F)cccc2P)C1. The standard InChI is InChI=1S/C12H17FNP/c1-9-5-6-14(7-9)8-10-11(13)3-2-4-12(10)15/h2-4,9H,5-8,15H2,1H3. The molecule has 0 amide bonds. The molecule has 1 aliphatic rings. The van der Waals surface area contributed by atoms with Crippen LogP contribution in [0, 0.1) is 11.7 Å². The van der Waals surface area contributed by atoms with E-state index in [9.17, 15) is 4.39 Å². The van der Waals surface area contributed by atoms with Crippen LogP contribution >= 0.6 is 9.24 Å². The molecule has 0 N–H and O–H groups in total. The predicted molar refractivity (Wildman–Crippen MR) is 64.8 cm³/mol. The first-order chi connectivity index (χ1) is 7.16. The maximum atomic E-state index is 13.6. The van der Waals surface area contributed by atoms with E-state index in [0.29, 0.717) is 0 Å². The summed E-state index contributed by atoms with van der Waals surface area (Å²) < 4.78 is 13.6. The second kappa shape index (κ2) is 4.59. The van der Waals surface area contributed by atoms with Crippen molar-refractivity contribution in [3.8, 4) is 0 Å². The van der Waals surface area contributed by atoms with Gasteiger partial charge in [-0.25, -0.2) is 4.39 Å². The molecule has 1 aromatic rings. The van der Waals surface area contributed by atoms with E-state index in [1.807, 2.05) is 6.07 Å². The first-order valence-electron chi connectivity index (χ1n) is 5.42. The van der Waals surface area contributed by atoms with Crippen LogP contribution in [0.2, 0.25) is 0 Å². The van der Waals surface area contributed by atoms with Gasteiger partial charge in [0.05, 0.1) is 0 Å². The van der Waals surface area contributed by atoms with Crippen LogP contribution in [-0.2, 0) is 6.54 Å². The first kappa shape index (κ1) is 11.0. The van der Waals surface area contributed by atoms with Crippen LogP contribution < -0.4 is 5.30 Å². The van der Waals surface area contributed by atoms with Crippen LogP contribution in [0.25, 0.3) is 0 Å². The van der Waals surface area contributed by atoms with Gasteiger partial charge in [0.15, 0.2) is 0 Å². The Morgan fingerprint density at radius 3 is 2.93 bits per heavy atom.